The molecule has 0 aliphatic rings. The van der Waals surface area contributed by atoms with Crippen molar-refractivity contribution >= 4 is 10.1 Å². The first-order valence-electron chi connectivity index (χ1n) is 9.45. The van der Waals surface area contributed by atoms with E-state index in [-0.39, 0.29) is 57.1 Å². The topological polar surface area (TPSA) is 86.7 Å². The van der Waals surface area contributed by atoms with Crippen LogP contribution in [0.4, 0.5) is 0 Å². The number of aryl methyl sites for hydroxylation is 1. The molecule has 0 saturated carbocycles. The normalized spacial score (nSPS) is 11.1. The predicted octanol–water partition coefficient (Wildman–Crippen LogP) is 2.10. The summed E-state index contributed by atoms with van der Waals surface area (Å²) in [5.74, 6) is -0.140. The molecule has 0 radical (unpaired) electrons. The molecule has 28 heavy (non-hydrogen) atoms. The molecule has 7 heteroatoms. The third kappa shape index (κ3) is 8.94. The van der Waals surface area contributed by atoms with Gasteiger partial charge in [-0.05, 0) is 42.7 Å². The van der Waals surface area contributed by atoms with Crippen molar-refractivity contribution in [2.45, 2.75) is 63.2 Å². The average Bonchev–Trinajstić information content (AvgIpc) is 2.63. The van der Waals surface area contributed by atoms with Gasteiger partial charge in [0.15, 0.2) is 0 Å². The Bertz CT molecular complexity index is 819. The molecule has 148 valence electrons. The number of benzene rings is 2. The molecule has 5 nitrogen and oxygen atoms in total. The summed E-state index contributed by atoms with van der Waals surface area (Å²) in [6, 6.07) is 10.7. The zero-order valence-electron chi connectivity index (χ0n) is 16.7. The molecule has 0 saturated heterocycles. The van der Waals surface area contributed by atoms with Crippen molar-refractivity contribution in [3.63, 3.8) is 0 Å². The molecule has 0 bridgehead atoms. The second kappa shape index (κ2) is 13.0. The van der Waals surface area contributed by atoms with Crippen LogP contribution in [0.5, 0.6) is 17.2 Å². The van der Waals surface area contributed by atoms with Crippen LogP contribution < -0.4 is 61.2 Å². The quantitative estimate of drug-likeness (QED) is 0.335. The molecule has 0 atom stereocenters. The molecule has 0 fully saturated rings. The van der Waals surface area contributed by atoms with E-state index in [0.717, 1.165) is 18.9 Å². The molecule has 2 aromatic rings. The van der Waals surface area contributed by atoms with Crippen LogP contribution in [0.1, 0.15) is 57.4 Å². The van der Waals surface area contributed by atoms with Crippen LogP contribution in [0.25, 0.3) is 0 Å². The summed E-state index contributed by atoms with van der Waals surface area (Å²) in [5, 5.41) is 11.4. The van der Waals surface area contributed by atoms with E-state index in [1.54, 1.807) is 12.1 Å². The van der Waals surface area contributed by atoms with Crippen LogP contribution in [-0.2, 0) is 16.5 Å². The summed E-state index contributed by atoms with van der Waals surface area (Å²) in [4.78, 5) is -0.526. The molecule has 1 N–H and O–H groups in total. The molecule has 2 aromatic carbocycles. The Hall–Kier alpha value is -0.414. The minimum absolute atomic E-state index is 0. The van der Waals surface area contributed by atoms with Crippen LogP contribution in [-0.4, -0.2) is 13.0 Å². The third-order valence-corrected chi connectivity index (χ3v) is 5.29. The van der Waals surface area contributed by atoms with Gasteiger partial charge < -0.3 is 9.84 Å². The van der Waals surface area contributed by atoms with Crippen LogP contribution in [0.3, 0.4) is 0 Å². The summed E-state index contributed by atoms with van der Waals surface area (Å²) in [5.41, 5.74) is 1.20. The van der Waals surface area contributed by atoms with Crippen LogP contribution in [0, 0.1) is 0 Å². The van der Waals surface area contributed by atoms with Crippen LogP contribution >= 0.6 is 0 Å². The largest absolute Gasteiger partial charge is 1.00 e. The van der Waals surface area contributed by atoms with Gasteiger partial charge in [0.25, 0.3) is 10.1 Å². The Morgan fingerprint density at radius 1 is 0.929 bits per heavy atom. The fourth-order valence-corrected chi connectivity index (χ4v) is 3.54. The summed E-state index contributed by atoms with van der Waals surface area (Å²) >= 11 is 0. The maximum Gasteiger partial charge on any atom is 1.00 e. The molecule has 0 unspecified atom stereocenters. The molecule has 0 aliphatic heterocycles. The van der Waals surface area contributed by atoms with E-state index in [4.69, 9.17) is 4.74 Å². The van der Waals surface area contributed by atoms with E-state index in [1.807, 2.05) is 12.1 Å². The first kappa shape index (κ1) is 25.6. The van der Waals surface area contributed by atoms with Crippen molar-refractivity contribution < 1.29 is 74.2 Å². The third-order valence-electron chi connectivity index (χ3n) is 4.41. The average molecular weight is 431 g/mol. The van der Waals surface area contributed by atoms with Crippen molar-refractivity contribution in [3.8, 4) is 17.2 Å². The maximum atomic E-state index is 11.4. The van der Waals surface area contributed by atoms with E-state index in [9.17, 15) is 18.1 Å². The SMILES string of the molecule is CCCCCCCCCc1ccc(Oc2ccc([O-])cc2S(=O)(=O)O)cc1.[K+]. The minimum atomic E-state index is -4.53. The van der Waals surface area contributed by atoms with Gasteiger partial charge in [0.1, 0.15) is 16.4 Å². The van der Waals surface area contributed by atoms with Gasteiger partial charge in [-0.2, -0.15) is 8.42 Å². The van der Waals surface area contributed by atoms with Gasteiger partial charge in [0.05, 0.1) is 0 Å². The van der Waals surface area contributed by atoms with Gasteiger partial charge in [-0.1, -0.05) is 63.6 Å². The number of unbranched alkanes of at least 4 members (excludes halogenated alkanes) is 6. The first-order valence-corrected chi connectivity index (χ1v) is 10.9. The fourth-order valence-electron chi connectivity index (χ4n) is 2.91. The number of ether oxygens (including phenoxy) is 1. The zero-order chi connectivity index (χ0) is 19.7. The summed E-state index contributed by atoms with van der Waals surface area (Å²) < 4.78 is 37.6. The monoisotopic (exact) mass is 430 g/mol. The van der Waals surface area contributed by atoms with Crippen LogP contribution in [0.2, 0.25) is 0 Å². The number of rotatable bonds is 11. The second-order valence-corrected chi connectivity index (χ2v) is 8.09. The van der Waals surface area contributed by atoms with Crippen LogP contribution in [0.15, 0.2) is 47.4 Å². The van der Waals surface area contributed by atoms with Gasteiger partial charge in [-0.3, -0.25) is 4.55 Å². The van der Waals surface area contributed by atoms with Gasteiger partial charge in [-0.25, -0.2) is 0 Å². The zero-order valence-corrected chi connectivity index (χ0v) is 20.6. The summed E-state index contributed by atoms with van der Waals surface area (Å²) in [7, 11) is -4.53. The van der Waals surface area contributed by atoms with Crippen molar-refractivity contribution in [3.05, 3.63) is 48.0 Å². The maximum absolute atomic E-state index is 11.4. The van der Waals surface area contributed by atoms with E-state index >= 15 is 0 Å². The van der Waals surface area contributed by atoms with E-state index < -0.39 is 20.8 Å². The van der Waals surface area contributed by atoms with E-state index in [0.29, 0.717) is 5.75 Å². The fraction of sp³-hybridized carbons (Fsp3) is 0.429. The van der Waals surface area contributed by atoms with Crippen molar-refractivity contribution in [2.75, 3.05) is 0 Å². The minimum Gasteiger partial charge on any atom is -0.872 e. The standard InChI is InChI=1S/C21H28O5S.K/c1-2-3-4-5-6-7-8-9-17-10-13-19(14-11-17)26-20-15-12-18(22)16-21(20)27(23,24)25;/h10-16,22H,2-9H2,1H3,(H,23,24,25);/q;+1/p-1. The summed E-state index contributed by atoms with van der Waals surface area (Å²) in [6.45, 7) is 2.22. The number of hydrogen-bond donors (Lipinski definition) is 1. The predicted molar refractivity (Wildman–Crippen MR) is 104 cm³/mol. The van der Waals surface area contributed by atoms with Gasteiger partial charge in [0.2, 0.25) is 0 Å². The van der Waals surface area contributed by atoms with E-state index in [2.05, 4.69) is 6.92 Å². The smallest absolute Gasteiger partial charge is 0.872 e. The van der Waals surface area contributed by atoms with E-state index in [1.165, 1.54) is 56.2 Å². The Morgan fingerprint density at radius 3 is 2.14 bits per heavy atom. The molecular weight excluding hydrogens is 403 g/mol. The van der Waals surface area contributed by atoms with Gasteiger partial charge >= 0.3 is 51.4 Å². The Morgan fingerprint density at radius 2 is 1.54 bits per heavy atom. The molecule has 0 aromatic heterocycles. The summed E-state index contributed by atoms with van der Waals surface area (Å²) in [6.07, 6.45) is 9.84. The molecule has 0 heterocycles. The second-order valence-electron chi connectivity index (χ2n) is 6.70. The molecule has 0 amide bonds. The molecular formula is C21H27KO5S. The molecule has 2 rings (SSSR count). The molecule has 0 aliphatic carbocycles. The Kier molecular flexibility index (Phi) is 11.9. The molecule has 0 spiro atoms. The van der Waals surface area contributed by atoms with Crippen molar-refractivity contribution in [2.24, 2.45) is 0 Å². The van der Waals surface area contributed by atoms with Crippen molar-refractivity contribution in [1.82, 2.24) is 0 Å². The number of hydrogen-bond acceptors (Lipinski definition) is 4. The van der Waals surface area contributed by atoms with Gasteiger partial charge in [-0.15, -0.1) is 5.75 Å². The first-order chi connectivity index (χ1) is 12.9. The Balaban J connectivity index is 0.00000392. The Labute approximate surface area is 210 Å². The van der Waals surface area contributed by atoms with Gasteiger partial charge in [0, 0.05) is 0 Å². The van der Waals surface area contributed by atoms with Crippen molar-refractivity contribution in [1.29, 1.82) is 0 Å².